The van der Waals surface area contributed by atoms with Gasteiger partial charge in [-0.2, -0.15) is 0 Å². The number of hydroxylamine groups is 3. The lowest BCUT2D eigenvalue weighted by atomic mass is 10.6. The highest BCUT2D eigenvalue weighted by Crippen LogP contribution is 1.80. The number of hydrogen-bond donors (Lipinski definition) is 1. The number of likely N-dealkylation sites (N-methyl/N-ethyl adjacent to an activating group) is 2. The maximum absolute atomic E-state index is 10.4. The van der Waals surface area contributed by atoms with Crippen molar-refractivity contribution in [3.8, 4) is 0 Å². The Labute approximate surface area is 66.5 Å². The minimum atomic E-state index is 0.372. The molecule has 0 radical (unpaired) electrons. The van der Waals surface area contributed by atoms with E-state index in [-0.39, 0.29) is 0 Å². The van der Waals surface area contributed by atoms with Crippen molar-refractivity contribution in [2.75, 3.05) is 34.2 Å². The minimum Gasteiger partial charge on any atom is -0.785 e. The maximum Gasteiger partial charge on any atom is 0.0259 e. The Balaban J connectivity index is 3.29. The highest BCUT2D eigenvalue weighted by atomic mass is 16.5. The van der Waals surface area contributed by atoms with Gasteiger partial charge in [0.25, 0.3) is 0 Å². The summed E-state index contributed by atoms with van der Waals surface area (Å²) in [4.78, 5) is 0. The first-order valence-electron chi connectivity index (χ1n) is 3.29. The van der Waals surface area contributed by atoms with Crippen molar-refractivity contribution >= 4 is 0 Å². The summed E-state index contributed by atoms with van der Waals surface area (Å²) in [6.07, 6.45) is 0. The van der Waals surface area contributed by atoms with Gasteiger partial charge in [0.05, 0.1) is 0 Å². The van der Waals surface area contributed by atoms with Gasteiger partial charge in [-0.3, -0.25) is 0 Å². The van der Waals surface area contributed by atoms with Gasteiger partial charge in [-0.25, -0.2) is 10.5 Å². The molecule has 0 saturated carbocycles. The monoisotopic (exact) mass is 162 g/mol. The Morgan fingerprint density at radius 3 is 2.00 bits per heavy atom. The van der Waals surface area contributed by atoms with Crippen molar-refractivity contribution in [2.45, 2.75) is 0 Å². The molecule has 0 aromatic rings. The fraction of sp³-hybridized carbons (Fsp3) is 1.00. The molecule has 0 atom stereocenters. The van der Waals surface area contributed by atoms with Crippen LogP contribution in [0.4, 0.5) is 0 Å². The zero-order chi connectivity index (χ0) is 8.85. The quantitative estimate of drug-likeness (QED) is 0.534. The first-order chi connectivity index (χ1) is 5.02. The molecular formula is C5H14N4O2-2. The van der Waals surface area contributed by atoms with Gasteiger partial charge in [-0.15, -0.1) is 0 Å². The van der Waals surface area contributed by atoms with Crippen LogP contribution >= 0.6 is 0 Å². The van der Waals surface area contributed by atoms with Gasteiger partial charge in [0.2, 0.25) is 0 Å². The number of hydrazine groups is 2. The first-order valence-corrected chi connectivity index (χ1v) is 3.29. The molecule has 0 unspecified atom stereocenters. The van der Waals surface area contributed by atoms with Gasteiger partial charge >= 0.3 is 0 Å². The van der Waals surface area contributed by atoms with Crippen molar-refractivity contribution in [1.29, 1.82) is 0 Å². The molecule has 1 N–H and O–H groups in total. The topological polar surface area (TPSA) is 67.9 Å². The molecule has 0 amide bonds. The first kappa shape index (κ1) is 10.8. The lowest BCUT2D eigenvalue weighted by Crippen LogP contribution is -2.45. The molecule has 0 aromatic carbocycles. The summed E-state index contributed by atoms with van der Waals surface area (Å²) in [6, 6.07) is 0. The van der Waals surface area contributed by atoms with Gasteiger partial charge in [-0.1, -0.05) is 0 Å². The molecule has 0 saturated heterocycles. The van der Waals surface area contributed by atoms with Crippen LogP contribution in [-0.2, 0) is 0 Å². The standard InChI is InChI=1S/C5H14N4O2/c1-7(6-9(3)11)4-5-8(2)10/h6H,4-5H2,1-3H3/q-2. The second-order valence-corrected chi connectivity index (χ2v) is 2.37. The van der Waals surface area contributed by atoms with Crippen LogP contribution in [0.15, 0.2) is 0 Å². The molecule has 6 nitrogen and oxygen atoms in total. The predicted octanol–water partition coefficient (Wildman–Crippen LogP) is -0.803. The average Bonchev–Trinajstić information content (AvgIpc) is 1.82. The van der Waals surface area contributed by atoms with Crippen LogP contribution in [0, 0.1) is 10.4 Å². The van der Waals surface area contributed by atoms with Crippen molar-refractivity contribution in [3.05, 3.63) is 10.4 Å². The van der Waals surface area contributed by atoms with Crippen LogP contribution in [0.25, 0.3) is 0 Å². The maximum atomic E-state index is 10.4. The number of hydrogen-bond acceptors (Lipinski definition) is 6. The van der Waals surface area contributed by atoms with E-state index < -0.39 is 0 Å². The van der Waals surface area contributed by atoms with Crippen molar-refractivity contribution in [1.82, 2.24) is 20.8 Å². The zero-order valence-corrected chi connectivity index (χ0v) is 7.07. The van der Waals surface area contributed by atoms with Gasteiger partial charge < -0.3 is 20.6 Å². The summed E-state index contributed by atoms with van der Waals surface area (Å²) in [5, 5.41) is 23.7. The fourth-order valence-electron chi connectivity index (χ4n) is 0.581. The van der Waals surface area contributed by atoms with E-state index in [9.17, 15) is 10.4 Å². The summed E-state index contributed by atoms with van der Waals surface area (Å²) in [5.74, 6) is 0. The summed E-state index contributed by atoms with van der Waals surface area (Å²) >= 11 is 0. The second-order valence-electron chi connectivity index (χ2n) is 2.37. The molecule has 11 heavy (non-hydrogen) atoms. The van der Waals surface area contributed by atoms with Crippen LogP contribution in [0.2, 0.25) is 0 Å². The average molecular weight is 162 g/mol. The summed E-state index contributed by atoms with van der Waals surface area (Å²) in [7, 11) is 4.48. The van der Waals surface area contributed by atoms with Crippen LogP contribution in [0.5, 0.6) is 0 Å². The van der Waals surface area contributed by atoms with Gasteiger partial charge in [0.1, 0.15) is 0 Å². The van der Waals surface area contributed by atoms with Crippen LogP contribution in [0.1, 0.15) is 0 Å². The van der Waals surface area contributed by atoms with E-state index >= 15 is 0 Å². The van der Waals surface area contributed by atoms with Crippen molar-refractivity contribution < 1.29 is 0 Å². The normalized spacial score (nSPS) is 12.0. The smallest absolute Gasteiger partial charge is 0.0259 e. The Bertz CT molecular complexity index is 98.5. The van der Waals surface area contributed by atoms with Gasteiger partial charge in [-0.05, 0) is 20.6 Å². The third-order valence-corrected chi connectivity index (χ3v) is 1.06. The highest BCUT2D eigenvalue weighted by molar-refractivity contribution is 4.52. The van der Waals surface area contributed by atoms with Crippen molar-refractivity contribution in [2.24, 2.45) is 0 Å². The summed E-state index contributed by atoms with van der Waals surface area (Å²) in [5.41, 5.74) is 2.44. The van der Waals surface area contributed by atoms with Crippen LogP contribution in [-0.4, -0.2) is 49.5 Å². The summed E-state index contributed by atoms with van der Waals surface area (Å²) in [6.45, 7) is 0.879. The molecule has 0 bridgehead atoms. The van der Waals surface area contributed by atoms with E-state index in [2.05, 4.69) is 5.53 Å². The lowest BCUT2D eigenvalue weighted by Gasteiger charge is -2.32. The molecule has 68 valence electrons. The molecule has 0 aliphatic carbocycles. The fourth-order valence-corrected chi connectivity index (χ4v) is 0.581. The molecular weight excluding hydrogens is 148 g/mol. The van der Waals surface area contributed by atoms with E-state index in [0.717, 1.165) is 5.06 Å². The number of rotatable bonds is 5. The minimum absolute atomic E-state index is 0.372. The molecule has 6 heteroatoms. The SMILES string of the molecule is CN([O-])CCN(C)NN(C)[O-]. The Hall–Kier alpha value is -0.240. The zero-order valence-electron chi connectivity index (χ0n) is 7.07. The second kappa shape index (κ2) is 5.42. The van der Waals surface area contributed by atoms with E-state index in [1.54, 1.807) is 12.1 Å². The Morgan fingerprint density at radius 1 is 1.09 bits per heavy atom. The molecule has 0 aliphatic rings. The largest absolute Gasteiger partial charge is 0.785 e. The molecule has 0 fully saturated rings. The van der Waals surface area contributed by atoms with E-state index in [0.29, 0.717) is 18.3 Å². The Kier molecular flexibility index (Phi) is 5.30. The molecule has 0 rings (SSSR count). The number of nitrogens with zero attached hydrogens (tertiary/aromatic N) is 3. The molecule has 0 heterocycles. The van der Waals surface area contributed by atoms with E-state index in [1.807, 2.05) is 0 Å². The molecule has 0 spiro atoms. The van der Waals surface area contributed by atoms with Crippen molar-refractivity contribution in [3.63, 3.8) is 0 Å². The predicted molar refractivity (Wildman–Crippen MR) is 42.9 cm³/mol. The van der Waals surface area contributed by atoms with Gasteiger partial charge in [0, 0.05) is 13.6 Å². The van der Waals surface area contributed by atoms with Crippen LogP contribution in [0.3, 0.4) is 0 Å². The molecule has 0 aromatic heterocycles. The van der Waals surface area contributed by atoms with Crippen LogP contribution < -0.4 is 5.53 Å². The van der Waals surface area contributed by atoms with E-state index in [4.69, 9.17) is 0 Å². The van der Waals surface area contributed by atoms with E-state index in [1.165, 1.54) is 14.1 Å². The third kappa shape index (κ3) is 7.66. The molecule has 0 aliphatic heterocycles. The summed E-state index contributed by atoms with van der Waals surface area (Å²) < 4.78 is 0. The Morgan fingerprint density at radius 2 is 1.64 bits per heavy atom. The number of nitrogens with one attached hydrogen (secondary N) is 1. The van der Waals surface area contributed by atoms with Gasteiger partial charge in [0.15, 0.2) is 0 Å². The highest BCUT2D eigenvalue weighted by Gasteiger charge is 1.93. The third-order valence-electron chi connectivity index (χ3n) is 1.06. The lowest BCUT2D eigenvalue weighted by molar-refractivity contribution is 0.0980.